The number of nitrogens with zero attached hydrogens (tertiary/aromatic N) is 1. The van der Waals surface area contributed by atoms with Crippen molar-refractivity contribution in [1.29, 1.82) is 0 Å². The standard InChI is InChI=1S/C28H32BrNO4/c1-31-25-11-7-22(18-27(25)32-2)13-16-30(15-3-4-21-5-9-24(29)10-6-21)17-14-23-8-12-26-28(19-23)34-20-33-26/h5-12,18-19H,3-4,13-17,20H2,1-2H3. The number of rotatable bonds is 12. The number of ether oxygens (including phenoxy) is 4. The van der Waals surface area contributed by atoms with Crippen LogP contribution in [-0.4, -0.2) is 45.5 Å². The summed E-state index contributed by atoms with van der Waals surface area (Å²) in [5.41, 5.74) is 3.89. The molecule has 180 valence electrons. The van der Waals surface area contributed by atoms with Gasteiger partial charge in [-0.15, -0.1) is 0 Å². The van der Waals surface area contributed by atoms with E-state index in [9.17, 15) is 0 Å². The van der Waals surface area contributed by atoms with Crippen molar-refractivity contribution in [3.05, 3.63) is 81.8 Å². The number of halogens is 1. The molecule has 4 rings (SSSR count). The molecule has 0 saturated carbocycles. The second-order valence-electron chi connectivity index (χ2n) is 8.45. The summed E-state index contributed by atoms with van der Waals surface area (Å²) in [6.45, 7) is 3.34. The Bertz CT molecular complexity index is 1070. The minimum absolute atomic E-state index is 0.312. The fraction of sp³-hybridized carbons (Fsp3) is 0.357. The molecular weight excluding hydrogens is 494 g/mol. The second kappa shape index (κ2) is 12.1. The van der Waals surface area contributed by atoms with Crippen LogP contribution in [0.2, 0.25) is 0 Å². The van der Waals surface area contributed by atoms with Crippen LogP contribution in [0, 0.1) is 0 Å². The topological polar surface area (TPSA) is 40.2 Å². The van der Waals surface area contributed by atoms with E-state index in [-0.39, 0.29) is 0 Å². The average molecular weight is 526 g/mol. The quantitative estimate of drug-likeness (QED) is 0.293. The van der Waals surface area contributed by atoms with Crippen LogP contribution in [0.25, 0.3) is 0 Å². The third-order valence-electron chi connectivity index (χ3n) is 6.17. The van der Waals surface area contributed by atoms with Gasteiger partial charge in [0, 0.05) is 17.6 Å². The van der Waals surface area contributed by atoms with Gasteiger partial charge in [-0.2, -0.15) is 0 Å². The number of benzene rings is 3. The van der Waals surface area contributed by atoms with E-state index in [1.54, 1.807) is 14.2 Å². The maximum absolute atomic E-state index is 5.55. The van der Waals surface area contributed by atoms with Crippen LogP contribution < -0.4 is 18.9 Å². The first-order valence-corrected chi connectivity index (χ1v) is 12.5. The summed E-state index contributed by atoms with van der Waals surface area (Å²) in [4.78, 5) is 2.56. The average Bonchev–Trinajstić information content (AvgIpc) is 3.34. The molecule has 0 fully saturated rings. The Hall–Kier alpha value is -2.70. The molecule has 0 N–H and O–H groups in total. The van der Waals surface area contributed by atoms with Crippen LogP contribution in [0.15, 0.2) is 65.1 Å². The highest BCUT2D eigenvalue weighted by molar-refractivity contribution is 9.10. The van der Waals surface area contributed by atoms with Crippen molar-refractivity contribution in [2.75, 3.05) is 40.6 Å². The van der Waals surface area contributed by atoms with Crippen LogP contribution in [0.5, 0.6) is 23.0 Å². The smallest absolute Gasteiger partial charge is 0.231 e. The summed E-state index contributed by atoms with van der Waals surface area (Å²) in [6, 6.07) is 21.1. The lowest BCUT2D eigenvalue weighted by Crippen LogP contribution is -2.30. The summed E-state index contributed by atoms with van der Waals surface area (Å²) in [5, 5.41) is 0. The first-order chi connectivity index (χ1) is 16.6. The number of aryl methyl sites for hydroxylation is 1. The Morgan fingerprint density at radius 3 is 2.09 bits per heavy atom. The Balaban J connectivity index is 1.37. The largest absolute Gasteiger partial charge is 0.493 e. The molecule has 3 aromatic rings. The lowest BCUT2D eigenvalue weighted by Gasteiger charge is -2.23. The van der Waals surface area contributed by atoms with Gasteiger partial charge in [-0.25, -0.2) is 0 Å². The zero-order chi connectivity index (χ0) is 23.8. The molecule has 0 radical (unpaired) electrons. The molecule has 0 unspecified atom stereocenters. The molecule has 0 aliphatic carbocycles. The molecule has 0 spiro atoms. The van der Waals surface area contributed by atoms with Crippen LogP contribution in [-0.2, 0) is 19.3 Å². The molecule has 34 heavy (non-hydrogen) atoms. The second-order valence-corrected chi connectivity index (χ2v) is 9.36. The van der Waals surface area contributed by atoms with E-state index >= 15 is 0 Å². The highest BCUT2D eigenvalue weighted by Crippen LogP contribution is 2.32. The van der Waals surface area contributed by atoms with Crippen molar-refractivity contribution in [2.45, 2.75) is 25.7 Å². The fourth-order valence-electron chi connectivity index (χ4n) is 4.20. The monoisotopic (exact) mass is 525 g/mol. The number of fused-ring (bicyclic) bond motifs is 1. The van der Waals surface area contributed by atoms with Gasteiger partial charge < -0.3 is 23.8 Å². The van der Waals surface area contributed by atoms with E-state index in [1.165, 1.54) is 16.7 Å². The number of hydrogen-bond donors (Lipinski definition) is 0. The van der Waals surface area contributed by atoms with Crippen molar-refractivity contribution in [2.24, 2.45) is 0 Å². The molecule has 0 saturated heterocycles. The molecule has 0 aromatic heterocycles. The maximum Gasteiger partial charge on any atom is 0.231 e. The van der Waals surface area contributed by atoms with E-state index in [1.807, 2.05) is 12.1 Å². The van der Waals surface area contributed by atoms with Gasteiger partial charge in [0.05, 0.1) is 14.2 Å². The Morgan fingerprint density at radius 1 is 0.706 bits per heavy atom. The van der Waals surface area contributed by atoms with Gasteiger partial charge in [0.15, 0.2) is 23.0 Å². The van der Waals surface area contributed by atoms with Crippen molar-refractivity contribution >= 4 is 15.9 Å². The Morgan fingerprint density at radius 2 is 1.35 bits per heavy atom. The molecule has 0 amide bonds. The van der Waals surface area contributed by atoms with Crippen LogP contribution in [0.3, 0.4) is 0 Å². The summed E-state index contributed by atoms with van der Waals surface area (Å²) in [5.74, 6) is 3.23. The summed E-state index contributed by atoms with van der Waals surface area (Å²) >= 11 is 3.52. The van der Waals surface area contributed by atoms with Gasteiger partial charge in [-0.3, -0.25) is 0 Å². The van der Waals surface area contributed by atoms with Crippen LogP contribution in [0.1, 0.15) is 23.1 Å². The molecule has 3 aromatic carbocycles. The third kappa shape index (κ3) is 6.67. The SMILES string of the molecule is COc1ccc(CCN(CCCc2ccc(Br)cc2)CCc2ccc3c(c2)OCO3)cc1OC. The van der Waals surface area contributed by atoms with Gasteiger partial charge in [-0.05, 0) is 85.3 Å². The highest BCUT2D eigenvalue weighted by Gasteiger charge is 2.14. The van der Waals surface area contributed by atoms with E-state index in [0.717, 1.165) is 72.8 Å². The maximum atomic E-state index is 5.55. The van der Waals surface area contributed by atoms with Gasteiger partial charge >= 0.3 is 0 Å². The number of methoxy groups -OCH3 is 2. The third-order valence-corrected chi connectivity index (χ3v) is 6.70. The van der Waals surface area contributed by atoms with Crippen molar-refractivity contribution in [1.82, 2.24) is 4.90 Å². The highest BCUT2D eigenvalue weighted by atomic mass is 79.9. The predicted molar refractivity (Wildman–Crippen MR) is 138 cm³/mol. The lowest BCUT2D eigenvalue weighted by atomic mass is 10.1. The van der Waals surface area contributed by atoms with Gasteiger partial charge in [0.2, 0.25) is 6.79 Å². The van der Waals surface area contributed by atoms with Crippen molar-refractivity contribution in [3.63, 3.8) is 0 Å². The minimum Gasteiger partial charge on any atom is -0.493 e. The molecule has 5 nitrogen and oxygen atoms in total. The predicted octanol–water partition coefficient (Wildman–Crippen LogP) is 5.92. The summed E-state index contributed by atoms with van der Waals surface area (Å²) < 4.78 is 23.0. The first-order valence-electron chi connectivity index (χ1n) is 11.7. The van der Waals surface area contributed by atoms with Crippen molar-refractivity contribution in [3.8, 4) is 23.0 Å². The van der Waals surface area contributed by atoms with Gasteiger partial charge in [0.1, 0.15) is 0 Å². The fourth-order valence-corrected chi connectivity index (χ4v) is 4.46. The van der Waals surface area contributed by atoms with Crippen LogP contribution in [0.4, 0.5) is 0 Å². The van der Waals surface area contributed by atoms with Crippen molar-refractivity contribution < 1.29 is 18.9 Å². The molecule has 6 heteroatoms. The van der Waals surface area contributed by atoms with Gasteiger partial charge in [0.25, 0.3) is 0 Å². The van der Waals surface area contributed by atoms with E-state index < -0.39 is 0 Å². The lowest BCUT2D eigenvalue weighted by molar-refractivity contribution is 0.174. The molecular formula is C28H32BrNO4. The Kier molecular flexibility index (Phi) is 8.72. The zero-order valence-electron chi connectivity index (χ0n) is 19.9. The summed E-state index contributed by atoms with van der Waals surface area (Å²) in [6.07, 6.45) is 4.12. The van der Waals surface area contributed by atoms with E-state index in [2.05, 4.69) is 69.4 Å². The molecule has 1 aliphatic heterocycles. The zero-order valence-corrected chi connectivity index (χ0v) is 21.5. The normalized spacial score (nSPS) is 12.2. The summed E-state index contributed by atoms with van der Waals surface area (Å²) in [7, 11) is 3.35. The van der Waals surface area contributed by atoms with Crippen LogP contribution >= 0.6 is 15.9 Å². The minimum atomic E-state index is 0.312. The molecule has 1 aliphatic rings. The Labute approximate surface area is 210 Å². The van der Waals surface area contributed by atoms with Gasteiger partial charge in [-0.1, -0.05) is 40.2 Å². The molecule has 0 bridgehead atoms. The molecule has 0 atom stereocenters. The number of hydrogen-bond acceptors (Lipinski definition) is 5. The van der Waals surface area contributed by atoms with E-state index in [0.29, 0.717) is 6.79 Å². The first kappa shape index (κ1) is 24.4. The molecule has 1 heterocycles. The van der Waals surface area contributed by atoms with E-state index in [4.69, 9.17) is 18.9 Å².